The fourth-order valence-electron chi connectivity index (χ4n) is 1.86. The lowest BCUT2D eigenvalue weighted by molar-refractivity contribution is -0.386. The van der Waals surface area contributed by atoms with E-state index in [-0.39, 0.29) is 29.4 Å². The lowest BCUT2D eigenvalue weighted by atomic mass is 9.85. The molecule has 6 nitrogen and oxygen atoms in total. The Bertz CT molecular complexity index is 513. The fraction of sp³-hybridized carbons (Fsp3) is 0.500. The number of amides is 1. The van der Waals surface area contributed by atoms with Crippen LogP contribution in [0.1, 0.15) is 43.1 Å². The molecule has 3 N–H and O–H groups in total. The molecule has 0 aliphatic carbocycles. The number of carbonyl (C=O) groups excluding carboxylic acids is 1. The highest BCUT2D eigenvalue weighted by Gasteiger charge is 2.25. The third-order valence-electron chi connectivity index (χ3n) is 2.93. The van der Waals surface area contributed by atoms with Gasteiger partial charge in [-0.3, -0.25) is 14.9 Å². The summed E-state index contributed by atoms with van der Waals surface area (Å²) in [6.07, 6.45) is 0.675. The highest BCUT2D eigenvalue weighted by Crippen LogP contribution is 2.31. The first-order valence-electron chi connectivity index (χ1n) is 6.54. The van der Waals surface area contributed by atoms with Crippen molar-refractivity contribution in [1.82, 2.24) is 5.32 Å². The van der Waals surface area contributed by atoms with Crippen LogP contribution in [0.3, 0.4) is 0 Å². The normalized spacial score (nSPS) is 10.7. The van der Waals surface area contributed by atoms with E-state index in [0.29, 0.717) is 30.6 Å². The average Bonchev–Trinajstić information content (AvgIpc) is 2.37. The van der Waals surface area contributed by atoms with Crippen LogP contribution in [0.4, 0.5) is 5.69 Å². The Morgan fingerprint density at radius 3 is 2.48 bits per heavy atom. The van der Waals surface area contributed by atoms with Gasteiger partial charge in [-0.05, 0) is 24.4 Å². The molecule has 1 rings (SSSR count). The van der Waals surface area contributed by atoms with Gasteiger partial charge in [-0.15, -0.1) is 12.4 Å². The minimum Gasteiger partial charge on any atom is -0.352 e. The molecule has 0 atom stereocenters. The molecule has 0 aromatic heterocycles. The molecule has 1 aromatic rings. The molecule has 7 heteroatoms. The maximum atomic E-state index is 11.9. The number of nitro benzene ring substituents is 1. The van der Waals surface area contributed by atoms with Crippen LogP contribution in [0.2, 0.25) is 0 Å². The van der Waals surface area contributed by atoms with E-state index in [1.165, 1.54) is 6.07 Å². The number of hydrogen-bond acceptors (Lipinski definition) is 4. The summed E-state index contributed by atoms with van der Waals surface area (Å²) in [7, 11) is 0. The Labute approximate surface area is 130 Å². The largest absolute Gasteiger partial charge is 0.352 e. The van der Waals surface area contributed by atoms with Gasteiger partial charge in [0.2, 0.25) is 0 Å². The molecule has 21 heavy (non-hydrogen) atoms. The molecule has 0 saturated carbocycles. The van der Waals surface area contributed by atoms with E-state index in [0.717, 1.165) is 0 Å². The number of carbonyl (C=O) groups is 1. The first-order chi connectivity index (χ1) is 9.27. The molecule has 0 radical (unpaired) electrons. The van der Waals surface area contributed by atoms with Crippen molar-refractivity contribution in [3.63, 3.8) is 0 Å². The van der Waals surface area contributed by atoms with Crippen molar-refractivity contribution < 1.29 is 9.72 Å². The van der Waals surface area contributed by atoms with Crippen LogP contribution >= 0.6 is 12.4 Å². The van der Waals surface area contributed by atoms with Crippen molar-refractivity contribution in [3.05, 3.63) is 39.4 Å². The Morgan fingerprint density at radius 2 is 2.00 bits per heavy atom. The molecule has 0 bridgehead atoms. The second-order valence-electron chi connectivity index (χ2n) is 5.64. The number of benzene rings is 1. The number of rotatable bonds is 5. The van der Waals surface area contributed by atoms with Gasteiger partial charge in [0, 0.05) is 23.7 Å². The smallest absolute Gasteiger partial charge is 0.273 e. The van der Waals surface area contributed by atoms with Gasteiger partial charge < -0.3 is 11.1 Å². The molecule has 0 spiro atoms. The van der Waals surface area contributed by atoms with Gasteiger partial charge in [0.1, 0.15) is 0 Å². The van der Waals surface area contributed by atoms with E-state index in [9.17, 15) is 14.9 Å². The van der Waals surface area contributed by atoms with Gasteiger partial charge in [-0.25, -0.2) is 0 Å². The number of nitrogens with two attached hydrogens (primary N) is 1. The number of hydrogen-bond donors (Lipinski definition) is 2. The van der Waals surface area contributed by atoms with E-state index in [2.05, 4.69) is 5.32 Å². The number of nitrogens with one attached hydrogen (secondary N) is 1. The van der Waals surface area contributed by atoms with Crippen molar-refractivity contribution in [2.45, 2.75) is 32.6 Å². The van der Waals surface area contributed by atoms with Gasteiger partial charge in [-0.2, -0.15) is 0 Å². The third-order valence-corrected chi connectivity index (χ3v) is 2.93. The van der Waals surface area contributed by atoms with Crippen LogP contribution in [-0.2, 0) is 5.41 Å². The molecular weight excluding hydrogens is 294 g/mol. The van der Waals surface area contributed by atoms with Crippen molar-refractivity contribution in [2.75, 3.05) is 13.1 Å². The summed E-state index contributed by atoms with van der Waals surface area (Å²) in [6.45, 7) is 6.65. The van der Waals surface area contributed by atoms with Crippen molar-refractivity contribution in [1.29, 1.82) is 0 Å². The van der Waals surface area contributed by atoms with Crippen LogP contribution in [-0.4, -0.2) is 23.9 Å². The Morgan fingerprint density at radius 1 is 1.38 bits per heavy atom. The van der Waals surface area contributed by atoms with Crippen molar-refractivity contribution in [2.24, 2.45) is 5.73 Å². The van der Waals surface area contributed by atoms with Crippen molar-refractivity contribution in [3.8, 4) is 0 Å². The minimum absolute atomic E-state index is 0. The SMILES string of the molecule is CC(C)(C)c1ccc(C(=O)NCCCN)cc1[N+](=O)[O-].Cl. The summed E-state index contributed by atoms with van der Waals surface area (Å²) in [4.78, 5) is 22.6. The lowest BCUT2D eigenvalue weighted by Crippen LogP contribution is -2.26. The zero-order chi connectivity index (χ0) is 15.3. The zero-order valence-corrected chi connectivity index (χ0v) is 13.3. The van der Waals surface area contributed by atoms with E-state index < -0.39 is 4.92 Å². The van der Waals surface area contributed by atoms with Crippen LogP contribution in [0.25, 0.3) is 0 Å². The van der Waals surface area contributed by atoms with E-state index in [4.69, 9.17) is 5.73 Å². The highest BCUT2D eigenvalue weighted by molar-refractivity contribution is 5.95. The zero-order valence-electron chi connectivity index (χ0n) is 12.5. The average molecular weight is 316 g/mol. The summed E-state index contributed by atoms with van der Waals surface area (Å²) >= 11 is 0. The third kappa shape index (κ3) is 5.32. The summed E-state index contributed by atoms with van der Waals surface area (Å²) < 4.78 is 0. The van der Waals surface area contributed by atoms with E-state index >= 15 is 0 Å². The lowest BCUT2D eigenvalue weighted by Gasteiger charge is -2.19. The van der Waals surface area contributed by atoms with Gasteiger partial charge in [0.25, 0.3) is 11.6 Å². The topological polar surface area (TPSA) is 98.3 Å². The number of nitro groups is 1. The van der Waals surface area contributed by atoms with Gasteiger partial charge in [0.15, 0.2) is 0 Å². The molecular formula is C14H22ClN3O3. The molecule has 0 saturated heterocycles. The highest BCUT2D eigenvalue weighted by atomic mass is 35.5. The first-order valence-corrected chi connectivity index (χ1v) is 6.54. The Hall–Kier alpha value is -1.66. The predicted molar refractivity (Wildman–Crippen MR) is 85.0 cm³/mol. The molecule has 0 aliphatic rings. The molecule has 0 fully saturated rings. The van der Waals surface area contributed by atoms with E-state index in [1.54, 1.807) is 12.1 Å². The molecule has 1 amide bonds. The Balaban J connectivity index is 0.00000400. The van der Waals surface area contributed by atoms with Crippen molar-refractivity contribution >= 4 is 24.0 Å². The molecule has 0 aliphatic heterocycles. The number of nitrogens with zero attached hydrogens (tertiary/aromatic N) is 1. The summed E-state index contributed by atoms with van der Waals surface area (Å²) in [5.74, 6) is -0.318. The first kappa shape index (κ1) is 19.3. The van der Waals surface area contributed by atoms with Crippen LogP contribution in [0, 0.1) is 10.1 Å². The van der Waals surface area contributed by atoms with E-state index in [1.807, 2.05) is 20.8 Å². The van der Waals surface area contributed by atoms with Crippen LogP contribution < -0.4 is 11.1 Å². The van der Waals surface area contributed by atoms with Gasteiger partial charge in [-0.1, -0.05) is 26.8 Å². The maximum absolute atomic E-state index is 11.9. The standard InChI is InChI=1S/C14H21N3O3.ClH/c1-14(2,3)11-6-5-10(9-12(11)17(19)20)13(18)16-8-4-7-15;/h5-6,9H,4,7-8,15H2,1-3H3,(H,16,18);1H. The summed E-state index contributed by atoms with van der Waals surface area (Å²) in [6, 6.07) is 4.60. The Kier molecular flexibility index (Phi) is 7.32. The van der Waals surface area contributed by atoms with Crippen LogP contribution in [0.5, 0.6) is 0 Å². The predicted octanol–water partition coefficient (Wildman–Crippen LogP) is 2.39. The molecule has 0 unspecified atom stereocenters. The maximum Gasteiger partial charge on any atom is 0.273 e. The van der Waals surface area contributed by atoms with Gasteiger partial charge >= 0.3 is 0 Å². The fourth-order valence-corrected chi connectivity index (χ4v) is 1.86. The van der Waals surface area contributed by atoms with Gasteiger partial charge in [0.05, 0.1) is 4.92 Å². The molecule has 1 aromatic carbocycles. The quantitative estimate of drug-likeness (QED) is 0.495. The summed E-state index contributed by atoms with van der Waals surface area (Å²) in [5.41, 5.74) is 5.88. The van der Waals surface area contributed by atoms with Crippen LogP contribution in [0.15, 0.2) is 18.2 Å². The second kappa shape index (κ2) is 7.95. The number of halogens is 1. The second-order valence-corrected chi connectivity index (χ2v) is 5.64. The molecule has 118 valence electrons. The summed E-state index contributed by atoms with van der Waals surface area (Å²) in [5, 5.41) is 13.8. The molecule has 0 heterocycles. The minimum atomic E-state index is -0.447. The monoisotopic (exact) mass is 315 g/mol.